The van der Waals surface area contributed by atoms with Crippen LogP contribution in [0.2, 0.25) is 0 Å². The number of fused-ring (bicyclic) bond motifs is 4. The summed E-state index contributed by atoms with van der Waals surface area (Å²) in [7, 11) is 0. The number of carbonyl (C=O) groups is 4. The SMILES string of the molecule is O.O.O.O.O=C([O-])CN1CC#CCN(CC(=O)[O-])Cc2cccc(n2)CN(CC(=O)[O-])CC#CCN(CC(=O)[O-])Cc2cccc(n2)C1.[Fe+5].[Fe+5].[O-2]. The van der Waals surface area contributed by atoms with Crippen LogP contribution in [-0.2, 0) is 85.0 Å². The van der Waals surface area contributed by atoms with E-state index in [-0.39, 0.29) is 114 Å². The van der Waals surface area contributed by atoms with Gasteiger partial charge in [0.25, 0.3) is 0 Å². The summed E-state index contributed by atoms with van der Waals surface area (Å²) in [5.41, 5.74) is 2.04. The Morgan fingerprint density at radius 2 is 0.686 bits per heavy atom. The minimum Gasteiger partial charge on any atom is -2.00 e. The van der Waals surface area contributed by atoms with Crippen LogP contribution in [0.1, 0.15) is 22.8 Å². The zero-order valence-corrected chi connectivity index (χ0v) is 29.2. The number of nitrogens with zero attached hydrogens (tertiary/aromatic N) is 6. The zero-order valence-electron chi connectivity index (χ0n) is 27.0. The maximum atomic E-state index is 11.4. The summed E-state index contributed by atoms with van der Waals surface area (Å²) in [5, 5.41) is 45.5. The summed E-state index contributed by atoms with van der Waals surface area (Å²) in [4.78, 5) is 60.6. The summed E-state index contributed by atoms with van der Waals surface area (Å²) >= 11 is 0. The molecular weight excluding hydrogens is 764 g/mol. The molecule has 0 aliphatic carbocycles. The minimum absolute atomic E-state index is 0. The van der Waals surface area contributed by atoms with Crippen molar-refractivity contribution in [2.75, 3.05) is 52.4 Å². The van der Waals surface area contributed by atoms with Crippen LogP contribution in [0.5, 0.6) is 0 Å². The summed E-state index contributed by atoms with van der Waals surface area (Å²) in [5.74, 6) is 6.21. The molecule has 278 valence electrons. The fourth-order valence-electron chi connectivity index (χ4n) is 4.40. The molecule has 1 aliphatic heterocycles. The van der Waals surface area contributed by atoms with Gasteiger partial charge in [0.2, 0.25) is 0 Å². The van der Waals surface area contributed by atoms with Crippen LogP contribution in [0.15, 0.2) is 36.4 Å². The first-order valence-electron chi connectivity index (χ1n) is 13.6. The van der Waals surface area contributed by atoms with Crippen molar-refractivity contribution >= 4 is 23.9 Å². The Morgan fingerprint density at radius 3 is 0.863 bits per heavy atom. The average Bonchev–Trinajstić information content (AvgIpc) is 2.92. The van der Waals surface area contributed by atoms with Crippen LogP contribution in [-0.4, -0.2) is 128 Å². The van der Waals surface area contributed by atoms with Crippen molar-refractivity contribution in [3.8, 4) is 23.7 Å². The van der Waals surface area contributed by atoms with Crippen LogP contribution < -0.4 is 20.4 Å². The molecule has 2 aromatic rings. The van der Waals surface area contributed by atoms with Crippen LogP contribution in [0.4, 0.5) is 0 Å². The van der Waals surface area contributed by atoms with Gasteiger partial charge >= 0.3 is 34.1 Å². The van der Waals surface area contributed by atoms with Gasteiger partial charge in [-0.15, -0.1) is 0 Å². The molecule has 0 fully saturated rings. The van der Waals surface area contributed by atoms with E-state index >= 15 is 0 Å². The van der Waals surface area contributed by atoms with Crippen LogP contribution >= 0.6 is 0 Å². The number of carboxylic acid groups (broad SMARTS) is 4. The first kappa shape index (κ1) is 56.4. The predicted octanol–water partition coefficient (Wildman–Crippen LogP) is -9.02. The molecule has 0 saturated heterocycles. The second kappa shape index (κ2) is 29.7. The maximum absolute atomic E-state index is 11.4. The predicted molar refractivity (Wildman–Crippen MR) is 160 cm³/mol. The molecule has 0 unspecified atom stereocenters. The molecule has 8 N–H and O–H groups in total. The van der Waals surface area contributed by atoms with E-state index in [1.807, 2.05) is 0 Å². The largest absolute Gasteiger partial charge is 5.00 e. The Hall–Kier alpha value is -4.02. The van der Waals surface area contributed by atoms with Crippen molar-refractivity contribution in [1.82, 2.24) is 29.6 Å². The molecule has 0 aromatic carbocycles. The van der Waals surface area contributed by atoms with Gasteiger partial charge in [-0.3, -0.25) is 29.6 Å². The van der Waals surface area contributed by atoms with E-state index in [9.17, 15) is 39.6 Å². The molecule has 2 aromatic heterocycles. The monoisotopic (exact) mass is 802 g/mol. The smallest absolute Gasteiger partial charge is 2.00 e. The fourth-order valence-corrected chi connectivity index (χ4v) is 4.40. The number of aromatic nitrogens is 2. The number of rotatable bonds is 8. The third kappa shape index (κ3) is 23.2. The van der Waals surface area contributed by atoms with Gasteiger partial charge < -0.3 is 67.0 Å². The van der Waals surface area contributed by atoms with Crippen molar-refractivity contribution in [3.63, 3.8) is 0 Å². The molecule has 1 aliphatic rings. The average molecular weight is 802 g/mol. The standard InChI is InChI=1S/C30H34N6O8.2Fe.4H2O.O/c37-27(38)19-33-11-1-2-12-34(20-28(39)40)16-24-8-6-10-26(32-24)18-36(22-30(43)44)14-4-3-13-35(21-29(41)42)17-25-9-5-7-23(15-33)31-25;;;;;;;/h5-10H,11-22H2,(H,37,38)(H,39,40)(H,41,42)(H,43,44);;;4*1H2;/q;2*+5;;;;;-2/p-4. The second-order valence-corrected chi connectivity index (χ2v) is 10.0. The van der Waals surface area contributed by atoms with Gasteiger partial charge in [0.05, 0.1) is 72.8 Å². The number of aliphatic carboxylic acids is 4. The van der Waals surface area contributed by atoms with Crippen molar-refractivity contribution in [1.29, 1.82) is 0 Å². The van der Waals surface area contributed by atoms with Crippen molar-refractivity contribution in [2.24, 2.45) is 0 Å². The molecule has 21 heteroatoms. The summed E-state index contributed by atoms with van der Waals surface area (Å²) in [6.45, 7) is -1.22. The van der Waals surface area contributed by atoms with Gasteiger partial charge in [0.1, 0.15) is 0 Å². The summed E-state index contributed by atoms with van der Waals surface area (Å²) < 4.78 is 0. The van der Waals surface area contributed by atoms with Gasteiger partial charge in [-0.25, -0.2) is 0 Å². The number of hydrogen-bond donors (Lipinski definition) is 0. The number of carboxylic acids is 4. The first-order chi connectivity index (χ1) is 21.0. The Bertz CT molecular complexity index is 1280. The van der Waals surface area contributed by atoms with E-state index in [1.54, 1.807) is 36.4 Å². The van der Waals surface area contributed by atoms with Crippen LogP contribution in [0.25, 0.3) is 0 Å². The molecule has 0 atom stereocenters. The van der Waals surface area contributed by atoms with Crippen molar-refractivity contribution in [3.05, 3.63) is 59.2 Å². The molecule has 2 radical (unpaired) electrons. The van der Waals surface area contributed by atoms with Gasteiger partial charge in [0.15, 0.2) is 0 Å². The number of hydrogen-bond acceptors (Lipinski definition) is 14. The normalized spacial score (nSPS) is 14.0. The Morgan fingerprint density at radius 1 is 0.490 bits per heavy atom. The van der Waals surface area contributed by atoms with E-state index in [0.29, 0.717) is 22.8 Å². The van der Waals surface area contributed by atoms with Crippen LogP contribution in [0.3, 0.4) is 0 Å². The molecule has 0 saturated carbocycles. The maximum Gasteiger partial charge on any atom is 5.00 e. The Kier molecular flexibility index (Phi) is 32.8. The van der Waals surface area contributed by atoms with E-state index < -0.39 is 50.1 Å². The van der Waals surface area contributed by atoms with E-state index in [1.165, 1.54) is 19.6 Å². The summed E-state index contributed by atoms with van der Waals surface area (Å²) in [6.07, 6.45) is 0. The molecule has 4 bridgehead atoms. The number of pyridine rings is 2. The van der Waals surface area contributed by atoms with Gasteiger partial charge in [-0.1, -0.05) is 35.8 Å². The third-order valence-corrected chi connectivity index (χ3v) is 6.14. The van der Waals surface area contributed by atoms with E-state index in [2.05, 4.69) is 33.6 Å². The summed E-state index contributed by atoms with van der Waals surface area (Å²) in [6, 6.07) is 10.2. The van der Waals surface area contributed by atoms with E-state index in [4.69, 9.17) is 0 Å². The van der Waals surface area contributed by atoms with Crippen molar-refractivity contribution in [2.45, 2.75) is 26.2 Å². The van der Waals surface area contributed by atoms with Gasteiger partial charge in [-0.05, 0) is 24.3 Å². The molecule has 19 nitrogen and oxygen atoms in total. The topological polar surface area (TPSA) is 354 Å². The molecule has 3 rings (SSSR count). The number of carbonyl (C=O) groups excluding carboxylic acids is 4. The Labute approximate surface area is 315 Å². The molecule has 3 heterocycles. The van der Waals surface area contributed by atoms with E-state index in [0.717, 1.165) is 0 Å². The molecule has 51 heavy (non-hydrogen) atoms. The molecule has 0 amide bonds. The first-order valence-corrected chi connectivity index (χ1v) is 13.6. The Balaban J connectivity index is -0.00000101. The minimum atomic E-state index is -1.31. The van der Waals surface area contributed by atoms with Crippen LogP contribution in [0, 0.1) is 23.7 Å². The second-order valence-electron chi connectivity index (χ2n) is 10.0. The molecular formula is C30H38Fe2N6O13+4. The van der Waals surface area contributed by atoms with Crippen molar-refractivity contribution < 1.29 is 101 Å². The van der Waals surface area contributed by atoms with Gasteiger partial charge in [-0.2, -0.15) is 0 Å². The fraction of sp³-hybridized carbons (Fsp3) is 0.400. The quantitative estimate of drug-likeness (QED) is 0.177. The van der Waals surface area contributed by atoms with Gasteiger partial charge in [0, 0.05) is 52.4 Å². The third-order valence-electron chi connectivity index (χ3n) is 6.14. The molecule has 0 spiro atoms. The zero-order chi connectivity index (χ0) is 31.9.